The summed E-state index contributed by atoms with van der Waals surface area (Å²) in [7, 11) is 1.62. The SMILES string of the molecule is CC.CCOc1ccc(-c2cc3nccn3c(N3CCC(C(=O)c4ccc(F)cc4)CC3)n2)cc1OC. The highest BCUT2D eigenvalue weighted by Gasteiger charge is 2.28. The van der Waals surface area contributed by atoms with Gasteiger partial charge in [0, 0.05) is 48.6 Å². The molecular weight excluding hydrogens is 471 g/mol. The molecule has 0 spiro atoms. The first-order chi connectivity index (χ1) is 18.1. The number of methoxy groups -OCH3 is 1. The van der Waals surface area contributed by atoms with Gasteiger partial charge in [-0.2, -0.15) is 0 Å². The van der Waals surface area contributed by atoms with Crippen molar-refractivity contribution in [3.8, 4) is 22.8 Å². The van der Waals surface area contributed by atoms with E-state index in [2.05, 4.69) is 9.88 Å². The molecule has 0 bridgehead atoms. The van der Waals surface area contributed by atoms with Gasteiger partial charge in [-0.15, -0.1) is 0 Å². The molecule has 37 heavy (non-hydrogen) atoms. The van der Waals surface area contributed by atoms with Gasteiger partial charge < -0.3 is 14.4 Å². The lowest BCUT2D eigenvalue weighted by molar-refractivity contribution is 0.0900. The molecule has 1 saturated heterocycles. The van der Waals surface area contributed by atoms with E-state index in [1.165, 1.54) is 12.1 Å². The van der Waals surface area contributed by atoms with Crippen molar-refractivity contribution in [1.29, 1.82) is 0 Å². The number of ketones is 1. The lowest BCUT2D eigenvalue weighted by atomic mass is 9.89. The van der Waals surface area contributed by atoms with Crippen LogP contribution in [0.15, 0.2) is 60.9 Å². The number of hydrogen-bond acceptors (Lipinski definition) is 6. The Morgan fingerprint density at radius 3 is 2.46 bits per heavy atom. The van der Waals surface area contributed by atoms with E-state index in [0.29, 0.717) is 49.6 Å². The number of halogens is 1. The van der Waals surface area contributed by atoms with Crippen LogP contribution in [0.3, 0.4) is 0 Å². The summed E-state index contributed by atoms with van der Waals surface area (Å²) >= 11 is 0. The highest BCUT2D eigenvalue weighted by molar-refractivity contribution is 5.98. The number of ether oxygens (including phenoxy) is 2. The average molecular weight is 505 g/mol. The molecule has 0 N–H and O–H groups in total. The fourth-order valence-corrected chi connectivity index (χ4v) is 4.57. The van der Waals surface area contributed by atoms with E-state index in [1.54, 1.807) is 25.4 Å². The number of rotatable bonds is 7. The van der Waals surface area contributed by atoms with E-state index in [4.69, 9.17) is 14.5 Å². The molecule has 194 valence electrons. The molecular formula is C29H33FN4O3. The van der Waals surface area contributed by atoms with E-state index in [9.17, 15) is 9.18 Å². The predicted octanol–water partition coefficient (Wildman–Crippen LogP) is 6.07. The molecule has 0 unspecified atom stereocenters. The quantitative estimate of drug-likeness (QED) is 0.285. The minimum Gasteiger partial charge on any atom is -0.493 e. The van der Waals surface area contributed by atoms with Crippen LogP contribution in [0.25, 0.3) is 16.9 Å². The zero-order valence-electron chi connectivity index (χ0n) is 21.8. The Hall–Kier alpha value is -3.94. The van der Waals surface area contributed by atoms with Crippen molar-refractivity contribution in [3.05, 3.63) is 72.3 Å². The zero-order valence-corrected chi connectivity index (χ0v) is 21.8. The minimum absolute atomic E-state index is 0.0700. The standard InChI is InChI=1S/C27H27FN4O3.C2H6/c1-3-35-23-9-6-20(16-24(23)34-2)22-17-25-29-12-15-32(25)27(30-22)31-13-10-19(11-14-31)26(33)18-4-7-21(28)8-5-18;1-2/h4-9,12,15-17,19H,3,10-11,13-14H2,1-2H3;1-2H3. The van der Waals surface area contributed by atoms with Crippen LogP contribution in [-0.2, 0) is 0 Å². The topological polar surface area (TPSA) is 69.0 Å². The van der Waals surface area contributed by atoms with Crippen LogP contribution in [0.2, 0.25) is 0 Å². The predicted molar refractivity (Wildman–Crippen MR) is 143 cm³/mol. The summed E-state index contributed by atoms with van der Waals surface area (Å²) in [6.07, 6.45) is 5.06. The van der Waals surface area contributed by atoms with Crippen molar-refractivity contribution < 1.29 is 18.7 Å². The Morgan fingerprint density at radius 2 is 1.78 bits per heavy atom. The van der Waals surface area contributed by atoms with Crippen molar-refractivity contribution in [2.75, 3.05) is 31.7 Å². The molecule has 0 atom stereocenters. The third kappa shape index (κ3) is 5.58. The normalized spacial score (nSPS) is 13.7. The number of fused-ring (bicyclic) bond motifs is 1. The number of carbonyl (C=O) groups excluding carboxylic acids is 1. The summed E-state index contributed by atoms with van der Waals surface area (Å²) in [6, 6.07) is 13.5. The maximum absolute atomic E-state index is 13.2. The summed E-state index contributed by atoms with van der Waals surface area (Å²) in [4.78, 5) is 24.6. The van der Waals surface area contributed by atoms with Crippen LogP contribution in [-0.4, -0.2) is 47.0 Å². The Bertz CT molecular complexity index is 1350. The first-order valence-electron chi connectivity index (χ1n) is 12.8. The molecule has 0 saturated carbocycles. The summed E-state index contributed by atoms with van der Waals surface area (Å²) in [5.74, 6) is 1.77. The third-order valence-electron chi connectivity index (χ3n) is 6.41. The van der Waals surface area contributed by atoms with Crippen LogP contribution in [0.4, 0.5) is 10.3 Å². The molecule has 0 aliphatic carbocycles. The van der Waals surface area contributed by atoms with Gasteiger partial charge in [0.2, 0.25) is 5.95 Å². The van der Waals surface area contributed by atoms with E-state index in [1.807, 2.05) is 55.6 Å². The van der Waals surface area contributed by atoms with E-state index < -0.39 is 0 Å². The number of anilines is 1. The van der Waals surface area contributed by atoms with Crippen LogP contribution >= 0.6 is 0 Å². The lowest BCUT2D eigenvalue weighted by Gasteiger charge is -2.32. The molecule has 4 aromatic rings. The van der Waals surface area contributed by atoms with Crippen LogP contribution in [0, 0.1) is 11.7 Å². The van der Waals surface area contributed by atoms with Gasteiger partial charge in [-0.1, -0.05) is 13.8 Å². The van der Waals surface area contributed by atoms with Crippen molar-refractivity contribution >= 4 is 17.4 Å². The highest BCUT2D eigenvalue weighted by atomic mass is 19.1. The van der Waals surface area contributed by atoms with Gasteiger partial charge in [-0.3, -0.25) is 9.20 Å². The number of piperidine rings is 1. The molecule has 1 aliphatic rings. The van der Waals surface area contributed by atoms with E-state index >= 15 is 0 Å². The number of nitrogens with zero attached hydrogens (tertiary/aromatic N) is 4. The molecule has 2 aromatic carbocycles. The van der Waals surface area contributed by atoms with Crippen molar-refractivity contribution in [2.24, 2.45) is 5.92 Å². The first-order valence-corrected chi connectivity index (χ1v) is 12.8. The largest absolute Gasteiger partial charge is 0.493 e. The molecule has 8 heteroatoms. The van der Waals surface area contributed by atoms with Crippen molar-refractivity contribution in [2.45, 2.75) is 33.6 Å². The smallest absolute Gasteiger partial charge is 0.211 e. The van der Waals surface area contributed by atoms with Gasteiger partial charge in [-0.25, -0.2) is 14.4 Å². The summed E-state index contributed by atoms with van der Waals surface area (Å²) in [5, 5.41) is 0. The van der Waals surface area contributed by atoms with Gasteiger partial charge >= 0.3 is 0 Å². The molecule has 1 fully saturated rings. The van der Waals surface area contributed by atoms with Crippen molar-refractivity contribution in [3.63, 3.8) is 0 Å². The summed E-state index contributed by atoms with van der Waals surface area (Å²) in [5.41, 5.74) is 3.04. The Kier molecular flexibility index (Phi) is 8.38. The van der Waals surface area contributed by atoms with Gasteiger partial charge in [-0.05, 0) is 62.2 Å². The minimum atomic E-state index is -0.336. The average Bonchev–Trinajstić information content (AvgIpc) is 3.43. The molecule has 3 heterocycles. The van der Waals surface area contributed by atoms with Crippen LogP contribution in [0.1, 0.15) is 44.0 Å². The van der Waals surface area contributed by atoms with Gasteiger partial charge in [0.25, 0.3) is 0 Å². The number of carbonyl (C=O) groups is 1. The number of aromatic nitrogens is 3. The number of hydrogen-bond donors (Lipinski definition) is 0. The van der Waals surface area contributed by atoms with Crippen LogP contribution in [0.5, 0.6) is 11.5 Å². The van der Waals surface area contributed by atoms with E-state index in [0.717, 1.165) is 22.9 Å². The Morgan fingerprint density at radius 1 is 1.05 bits per heavy atom. The second kappa shape index (κ2) is 11.9. The molecule has 7 nitrogen and oxygen atoms in total. The molecule has 5 rings (SSSR count). The highest BCUT2D eigenvalue weighted by Crippen LogP contribution is 2.34. The van der Waals surface area contributed by atoms with Gasteiger partial charge in [0.1, 0.15) is 11.5 Å². The van der Waals surface area contributed by atoms with Gasteiger partial charge in [0.05, 0.1) is 19.4 Å². The molecule has 2 aromatic heterocycles. The number of benzene rings is 2. The van der Waals surface area contributed by atoms with Gasteiger partial charge in [0.15, 0.2) is 17.3 Å². The van der Waals surface area contributed by atoms with E-state index in [-0.39, 0.29) is 17.5 Å². The monoisotopic (exact) mass is 504 g/mol. The number of Topliss-reactive ketones (excluding diaryl/α,β-unsaturated/α-hetero) is 1. The second-order valence-corrected chi connectivity index (χ2v) is 8.53. The molecule has 1 aliphatic heterocycles. The van der Waals surface area contributed by atoms with Crippen molar-refractivity contribution in [1.82, 2.24) is 14.4 Å². The van der Waals surface area contributed by atoms with Crippen LogP contribution < -0.4 is 14.4 Å². The molecule has 0 amide bonds. The zero-order chi connectivity index (χ0) is 26.4. The summed E-state index contributed by atoms with van der Waals surface area (Å²) < 4.78 is 26.4. The Labute approximate surface area is 216 Å². The maximum Gasteiger partial charge on any atom is 0.211 e. The number of imidazole rings is 1. The molecule has 0 radical (unpaired) electrons. The fourth-order valence-electron chi connectivity index (χ4n) is 4.57. The second-order valence-electron chi connectivity index (χ2n) is 8.53. The first kappa shape index (κ1) is 26.1. The summed E-state index contributed by atoms with van der Waals surface area (Å²) in [6.45, 7) is 7.86. The Balaban J connectivity index is 0.00000156. The fraction of sp³-hybridized carbons (Fsp3) is 0.345. The lowest BCUT2D eigenvalue weighted by Crippen LogP contribution is -2.38. The third-order valence-corrected chi connectivity index (χ3v) is 6.41. The maximum atomic E-state index is 13.2.